The van der Waals surface area contributed by atoms with E-state index in [2.05, 4.69) is 4.98 Å². The van der Waals surface area contributed by atoms with E-state index in [-0.39, 0.29) is 30.7 Å². The summed E-state index contributed by atoms with van der Waals surface area (Å²) in [4.78, 5) is 28.2. The molecule has 0 aliphatic heterocycles. The quantitative estimate of drug-likeness (QED) is 0.723. The summed E-state index contributed by atoms with van der Waals surface area (Å²) in [5.74, 6) is -0.882. The van der Waals surface area contributed by atoms with E-state index in [4.69, 9.17) is 9.47 Å². The van der Waals surface area contributed by atoms with E-state index in [9.17, 15) is 9.59 Å². The molecule has 1 aromatic heterocycles. The number of esters is 2. The van der Waals surface area contributed by atoms with Gasteiger partial charge in [0.1, 0.15) is 0 Å². The molecule has 0 atom stereocenters. The Kier molecular flexibility index (Phi) is 6.10. The fraction of sp³-hybridized carbons (Fsp3) is 0.471. The SMILES string of the molecule is CCOC(=O)CC(CC(=O)OCC)c1ccc2sc(C)nc2c1. The van der Waals surface area contributed by atoms with Gasteiger partial charge in [-0.1, -0.05) is 6.07 Å². The molecule has 2 rings (SSSR count). The third-order valence-electron chi connectivity index (χ3n) is 3.43. The lowest BCUT2D eigenvalue weighted by Gasteiger charge is -2.16. The minimum atomic E-state index is -0.309. The number of aromatic nitrogens is 1. The molecule has 5 nitrogen and oxygen atoms in total. The minimum Gasteiger partial charge on any atom is -0.466 e. The van der Waals surface area contributed by atoms with E-state index >= 15 is 0 Å². The van der Waals surface area contributed by atoms with Gasteiger partial charge < -0.3 is 9.47 Å². The summed E-state index contributed by atoms with van der Waals surface area (Å²) in [6.07, 6.45) is 0.308. The zero-order valence-corrected chi connectivity index (χ0v) is 14.4. The topological polar surface area (TPSA) is 65.5 Å². The lowest BCUT2D eigenvalue weighted by atomic mass is 9.92. The van der Waals surface area contributed by atoms with Crippen molar-refractivity contribution >= 4 is 33.5 Å². The van der Waals surface area contributed by atoms with Gasteiger partial charge in [-0.15, -0.1) is 11.3 Å². The second-order valence-electron chi connectivity index (χ2n) is 5.18. The lowest BCUT2D eigenvalue weighted by molar-refractivity contribution is -0.145. The largest absolute Gasteiger partial charge is 0.466 e. The van der Waals surface area contributed by atoms with Crippen LogP contribution in [0.1, 0.15) is 43.2 Å². The first-order chi connectivity index (χ1) is 11.0. The Balaban J connectivity index is 2.25. The fourth-order valence-corrected chi connectivity index (χ4v) is 3.27. The number of ether oxygens (including phenoxy) is 2. The zero-order valence-electron chi connectivity index (χ0n) is 13.6. The summed E-state index contributed by atoms with van der Waals surface area (Å²) in [5, 5.41) is 0.990. The standard InChI is InChI=1S/C17H21NO4S/c1-4-21-16(19)9-13(10-17(20)22-5-2)12-6-7-15-14(8-12)18-11(3)23-15/h6-8,13H,4-5,9-10H2,1-3H3. The van der Waals surface area contributed by atoms with Crippen molar-refractivity contribution in [2.75, 3.05) is 13.2 Å². The molecule has 1 aromatic carbocycles. The molecular weight excluding hydrogens is 314 g/mol. The summed E-state index contributed by atoms with van der Waals surface area (Å²) < 4.78 is 11.1. The van der Waals surface area contributed by atoms with Crippen LogP contribution in [0, 0.1) is 6.92 Å². The van der Waals surface area contributed by atoms with Gasteiger partial charge in [-0.3, -0.25) is 9.59 Å². The highest BCUT2D eigenvalue weighted by Crippen LogP contribution is 2.29. The van der Waals surface area contributed by atoms with Crippen LogP contribution in [0.3, 0.4) is 0 Å². The van der Waals surface area contributed by atoms with Crippen LogP contribution in [0.5, 0.6) is 0 Å². The third-order valence-corrected chi connectivity index (χ3v) is 4.38. The first-order valence-corrected chi connectivity index (χ1v) is 8.53. The number of fused-ring (bicyclic) bond motifs is 1. The average Bonchev–Trinajstić information content (AvgIpc) is 2.86. The first kappa shape index (κ1) is 17.4. The molecule has 0 fully saturated rings. The Morgan fingerprint density at radius 1 is 1.13 bits per heavy atom. The Morgan fingerprint density at radius 3 is 2.30 bits per heavy atom. The molecule has 6 heteroatoms. The van der Waals surface area contributed by atoms with E-state index in [0.29, 0.717) is 13.2 Å². The van der Waals surface area contributed by atoms with Crippen molar-refractivity contribution in [2.24, 2.45) is 0 Å². The molecular formula is C17H21NO4S. The molecule has 0 radical (unpaired) electrons. The van der Waals surface area contributed by atoms with Crippen LogP contribution in [0.2, 0.25) is 0 Å². The van der Waals surface area contributed by atoms with E-state index < -0.39 is 0 Å². The maximum Gasteiger partial charge on any atom is 0.306 e. The van der Waals surface area contributed by atoms with Crippen LogP contribution in [0.25, 0.3) is 10.2 Å². The monoisotopic (exact) mass is 335 g/mol. The van der Waals surface area contributed by atoms with Gasteiger partial charge in [0.2, 0.25) is 0 Å². The number of hydrogen-bond donors (Lipinski definition) is 0. The van der Waals surface area contributed by atoms with Crippen LogP contribution < -0.4 is 0 Å². The van der Waals surface area contributed by atoms with Crippen molar-refractivity contribution in [1.29, 1.82) is 0 Å². The van der Waals surface area contributed by atoms with Crippen LogP contribution in [-0.2, 0) is 19.1 Å². The highest BCUT2D eigenvalue weighted by atomic mass is 32.1. The number of aryl methyl sites for hydroxylation is 1. The Labute approximate surface area is 139 Å². The predicted octanol–water partition coefficient (Wildman–Crippen LogP) is 3.59. The van der Waals surface area contributed by atoms with Crippen molar-refractivity contribution in [3.05, 3.63) is 28.8 Å². The van der Waals surface area contributed by atoms with Gasteiger partial charge in [-0.25, -0.2) is 4.98 Å². The Bertz CT molecular complexity index is 675. The molecule has 0 aliphatic rings. The number of benzene rings is 1. The maximum atomic E-state index is 11.8. The van der Waals surface area contributed by atoms with Gasteiger partial charge in [0, 0.05) is 5.92 Å². The molecule has 0 saturated carbocycles. The van der Waals surface area contributed by atoms with Crippen molar-refractivity contribution in [1.82, 2.24) is 4.98 Å². The number of thiazole rings is 1. The predicted molar refractivity (Wildman–Crippen MR) is 89.6 cm³/mol. The smallest absolute Gasteiger partial charge is 0.306 e. The molecule has 0 amide bonds. The van der Waals surface area contributed by atoms with Gasteiger partial charge in [-0.05, 0) is 38.5 Å². The van der Waals surface area contributed by atoms with Crippen molar-refractivity contribution in [2.45, 2.75) is 39.5 Å². The second kappa shape index (κ2) is 8.06. The van der Waals surface area contributed by atoms with E-state index in [0.717, 1.165) is 20.8 Å². The number of hydrogen-bond acceptors (Lipinski definition) is 6. The normalized spacial score (nSPS) is 11.0. The molecule has 23 heavy (non-hydrogen) atoms. The second-order valence-corrected chi connectivity index (χ2v) is 6.41. The van der Waals surface area contributed by atoms with Crippen molar-refractivity contribution in [3.63, 3.8) is 0 Å². The number of nitrogens with zero attached hydrogens (tertiary/aromatic N) is 1. The molecule has 124 valence electrons. The van der Waals surface area contributed by atoms with Crippen LogP contribution >= 0.6 is 11.3 Å². The van der Waals surface area contributed by atoms with Crippen LogP contribution in [0.15, 0.2) is 18.2 Å². The van der Waals surface area contributed by atoms with Gasteiger partial charge in [0.25, 0.3) is 0 Å². The number of carbonyl (C=O) groups excluding carboxylic acids is 2. The zero-order chi connectivity index (χ0) is 16.8. The van der Waals surface area contributed by atoms with E-state index in [1.54, 1.807) is 25.2 Å². The number of rotatable bonds is 7. The molecule has 0 saturated heterocycles. The molecule has 0 bridgehead atoms. The van der Waals surface area contributed by atoms with Crippen LogP contribution in [0.4, 0.5) is 0 Å². The summed E-state index contributed by atoms with van der Waals surface area (Å²) in [6.45, 7) is 6.15. The van der Waals surface area contributed by atoms with E-state index in [1.165, 1.54) is 0 Å². The highest BCUT2D eigenvalue weighted by Gasteiger charge is 2.22. The fourth-order valence-electron chi connectivity index (χ4n) is 2.46. The third kappa shape index (κ3) is 4.76. The molecule has 0 aliphatic carbocycles. The van der Waals surface area contributed by atoms with Gasteiger partial charge in [0.05, 0.1) is 41.3 Å². The van der Waals surface area contributed by atoms with Crippen molar-refractivity contribution < 1.29 is 19.1 Å². The molecule has 1 heterocycles. The summed E-state index contributed by atoms with van der Waals surface area (Å²) in [5.41, 5.74) is 1.80. The number of carbonyl (C=O) groups is 2. The first-order valence-electron chi connectivity index (χ1n) is 7.71. The van der Waals surface area contributed by atoms with E-state index in [1.807, 2.05) is 25.1 Å². The van der Waals surface area contributed by atoms with Gasteiger partial charge in [0.15, 0.2) is 0 Å². The molecule has 0 unspecified atom stereocenters. The minimum absolute atomic E-state index is 0.154. The maximum absolute atomic E-state index is 11.8. The molecule has 0 N–H and O–H groups in total. The molecule has 0 spiro atoms. The Hall–Kier alpha value is -1.95. The van der Waals surface area contributed by atoms with Gasteiger partial charge in [-0.2, -0.15) is 0 Å². The van der Waals surface area contributed by atoms with Crippen molar-refractivity contribution in [3.8, 4) is 0 Å². The average molecular weight is 335 g/mol. The van der Waals surface area contributed by atoms with Crippen LogP contribution in [-0.4, -0.2) is 30.1 Å². The Morgan fingerprint density at radius 2 is 1.74 bits per heavy atom. The molecule has 2 aromatic rings. The highest BCUT2D eigenvalue weighted by molar-refractivity contribution is 7.18. The van der Waals surface area contributed by atoms with Gasteiger partial charge >= 0.3 is 11.9 Å². The summed E-state index contributed by atoms with van der Waals surface area (Å²) in [7, 11) is 0. The lowest BCUT2D eigenvalue weighted by Crippen LogP contribution is -2.15. The summed E-state index contributed by atoms with van der Waals surface area (Å²) in [6, 6.07) is 5.88. The summed E-state index contributed by atoms with van der Waals surface area (Å²) >= 11 is 1.62.